The molecule has 5 nitrogen and oxygen atoms in total. The highest BCUT2D eigenvalue weighted by atomic mass is 16.5. The molecule has 0 aliphatic rings. The molecule has 0 bridgehead atoms. The first kappa shape index (κ1) is 17.3. The monoisotopic (exact) mass is 340 g/mol. The van der Waals surface area contributed by atoms with Crippen LogP contribution in [0, 0.1) is 0 Å². The fraction of sp³-hybridized carbons (Fsp3) is 0.350. The number of aliphatic hydroxyl groups is 1. The van der Waals surface area contributed by atoms with Gasteiger partial charge in [0.15, 0.2) is 11.5 Å². The minimum absolute atomic E-state index is 0.452. The van der Waals surface area contributed by atoms with Crippen molar-refractivity contribution in [3.05, 3.63) is 54.4 Å². The Morgan fingerprint density at radius 1 is 1.00 bits per heavy atom. The fourth-order valence-electron chi connectivity index (χ4n) is 2.86. The van der Waals surface area contributed by atoms with Crippen LogP contribution in [0.1, 0.15) is 26.6 Å². The van der Waals surface area contributed by atoms with Gasteiger partial charge in [-0.15, -0.1) is 0 Å². The van der Waals surface area contributed by atoms with Crippen molar-refractivity contribution in [3.8, 4) is 11.5 Å². The molecule has 0 aliphatic carbocycles. The average Bonchev–Trinajstić information content (AvgIpc) is 2.96. The highest BCUT2D eigenvalue weighted by Gasteiger charge is 2.24. The number of ether oxygens (including phenoxy) is 2. The topological polar surface area (TPSA) is 56.5 Å². The molecule has 5 heteroatoms. The van der Waals surface area contributed by atoms with Gasteiger partial charge in [0.25, 0.3) is 0 Å². The van der Waals surface area contributed by atoms with Crippen molar-refractivity contribution in [1.82, 2.24) is 9.55 Å². The van der Waals surface area contributed by atoms with Gasteiger partial charge in [-0.25, -0.2) is 4.98 Å². The van der Waals surface area contributed by atoms with Gasteiger partial charge in [-0.05, 0) is 45.0 Å². The van der Waals surface area contributed by atoms with Crippen LogP contribution in [0.5, 0.6) is 11.5 Å². The SMILES string of the molecule is CCOc1ccccc1OCCn1c(C(C)(C)O)nc2ccccc21. The third-order valence-electron chi connectivity index (χ3n) is 3.92. The van der Waals surface area contributed by atoms with Gasteiger partial charge in [0.1, 0.15) is 18.0 Å². The Morgan fingerprint density at radius 2 is 1.64 bits per heavy atom. The number of benzene rings is 2. The zero-order valence-electron chi connectivity index (χ0n) is 14.9. The summed E-state index contributed by atoms with van der Waals surface area (Å²) in [5.74, 6) is 2.09. The van der Waals surface area contributed by atoms with Crippen molar-refractivity contribution in [2.75, 3.05) is 13.2 Å². The summed E-state index contributed by atoms with van der Waals surface area (Å²) in [6, 6.07) is 15.5. The smallest absolute Gasteiger partial charge is 0.161 e. The van der Waals surface area contributed by atoms with Gasteiger partial charge in [0.2, 0.25) is 0 Å². The van der Waals surface area contributed by atoms with Crippen LogP contribution in [-0.4, -0.2) is 27.9 Å². The van der Waals surface area contributed by atoms with Crippen molar-refractivity contribution >= 4 is 11.0 Å². The lowest BCUT2D eigenvalue weighted by molar-refractivity contribution is 0.0644. The Bertz CT molecular complexity index is 850. The number of nitrogens with zero attached hydrogens (tertiary/aromatic N) is 2. The summed E-state index contributed by atoms with van der Waals surface area (Å²) in [4.78, 5) is 4.59. The van der Waals surface area contributed by atoms with Crippen molar-refractivity contribution in [2.24, 2.45) is 0 Å². The Balaban J connectivity index is 1.82. The third-order valence-corrected chi connectivity index (χ3v) is 3.92. The van der Waals surface area contributed by atoms with E-state index in [1.807, 2.05) is 60.0 Å². The summed E-state index contributed by atoms with van der Waals surface area (Å²) in [7, 11) is 0. The average molecular weight is 340 g/mol. The molecule has 2 aromatic carbocycles. The maximum Gasteiger partial charge on any atom is 0.161 e. The Kier molecular flexibility index (Phi) is 4.95. The number of fused-ring (bicyclic) bond motifs is 1. The predicted octanol–water partition coefficient (Wildman–Crippen LogP) is 3.74. The number of rotatable bonds is 7. The number of imidazole rings is 1. The molecule has 0 fully saturated rings. The van der Waals surface area contributed by atoms with Crippen molar-refractivity contribution < 1.29 is 14.6 Å². The van der Waals surface area contributed by atoms with Crippen LogP contribution in [0.25, 0.3) is 11.0 Å². The fourth-order valence-corrected chi connectivity index (χ4v) is 2.86. The van der Waals surface area contributed by atoms with E-state index in [4.69, 9.17) is 9.47 Å². The first-order chi connectivity index (χ1) is 12.0. The molecule has 0 aliphatic heterocycles. The van der Waals surface area contributed by atoms with Gasteiger partial charge in [0, 0.05) is 0 Å². The molecular weight excluding hydrogens is 316 g/mol. The summed E-state index contributed by atoms with van der Waals surface area (Å²) in [6.45, 7) is 7.07. The second kappa shape index (κ2) is 7.15. The zero-order chi connectivity index (χ0) is 17.9. The van der Waals surface area contributed by atoms with E-state index in [0.717, 1.165) is 22.5 Å². The summed E-state index contributed by atoms with van der Waals surface area (Å²) >= 11 is 0. The van der Waals surface area contributed by atoms with Crippen LogP contribution in [0.3, 0.4) is 0 Å². The maximum absolute atomic E-state index is 10.5. The lowest BCUT2D eigenvalue weighted by Gasteiger charge is -2.19. The van der Waals surface area contributed by atoms with Gasteiger partial charge in [-0.3, -0.25) is 0 Å². The number of hydrogen-bond donors (Lipinski definition) is 1. The van der Waals surface area contributed by atoms with Crippen LogP contribution in [0.15, 0.2) is 48.5 Å². The Morgan fingerprint density at radius 3 is 2.32 bits per heavy atom. The summed E-state index contributed by atoms with van der Waals surface area (Å²) in [5.41, 5.74) is 0.832. The molecule has 25 heavy (non-hydrogen) atoms. The van der Waals surface area contributed by atoms with Gasteiger partial charge in [-0.1, -0.05) is 24.3 Å². The van der Waals surface area contributed by atoms with E-state index in [0.29, 0.717) is 25.6 Å². The van der Waals surface area contributed by atoms with Crippen molar-refractivity contribution in [3.63, 3.8) is 0 Å². The van der Waals surface area contributed by atoms with E-state index in [-0.39, 0.29) is 0 Å². The molecule has 1 aromatic heterocycles. The number of hydrogen-bond acceptors (Lipinski definition) is 4. The molecule has 0 unspecified atom stereocenters. The normalized spacial score (nSPS) is 11.7. The predicted molar refractivity (Wildman–Crippen MR) is 98.1 cm³/mol. The van der Waals surface area contributed by atoms with E-state index < -0.39 is 5.60 Å². The Hall–Kier alpha value is -2.53. The Labute approximate surface area is 147 Å². The first-order valence-electron chi connectivity index (χ1n) is 8.53. The largest absolute Gasteiger partial charge is 0.490 e. The van der Waals surface area contributed by atoms with Crippen molar-refractivity contribution in [1.29, 1.82) is 0 Å². The lowest BCUT2D eigenvalue weighted by atomic mass is 10.1. The molecule has 3 aromatic rings. The molecule has 0 saturated carbocycles. The van der Waals surface area contributed by atoms with Gasteiger partial charge in [0.05, 0.1) is 24.2 Å². The lowest BCUT2D eigenvalue weighted by Crippen LogP contribution is -2.23. The molecule has 0 spiro atoms. The molecule has 1 N–H and O–H groups in total. The van der Waals surface area contributed by atoms with Crippen LogP contribution in [0.2, 0.25) is 0 Å². The highest BCUT2D eigenvalue weighted by molar-refractivity contribution is 5.76. The maximum atomic E-state index is 10.5. The second-order valence-corrected chi connectivity index (χ2v) is 6.36. The standard InChI is InChI=1S/C20H24N2O3/c1-4-24-17-11-7-8-12-18(17)25-14-13-22-16-10-6-5-9-15(16)21-19(22)20(2,3)23/h5-12,23H,4,13-14H2,1-3H3. The molecule has 0 radical (unpaired) electrons. The minimum Gasteiger partial charge on any atom is -0.490 e. The second-order valence-electron chi connectivity index (χ2n) is 6.36. The minimum atomic E-state index is -1.03. The van der Waals surface area contributed by atoms with Gasteiger partial charge in [-0.2, -0.15) is 0 Å². The van der Waals surface area contributed by atoms with E-state index in [1.54, 1.807) is 13.8 Å². The van der Waals surface area contributed by atoms with E-state index in [9.17, 15) is 5.11 Å². The quantitative estimate of drug-likeness (QED) is 0.712. The summed E-state index contributed by atoms with van der Waals surface area (Å²) < 4.78 is 13.5. The van der Waals surface area contributed by atoms with Gasteiger partial charge >= 0.3 is 0 Å². The molecule has 1 heterocycles. The van der Waals surface area contributed by atoms with Crippen LogP contribution >= 0.6 is 0 Å². The third kappa shape index (κ3) is 3.77. The van der Waals surface area contributed by atoms with Crippen LogP contribution in [-0.2, 0) is 12.1 Å². The molecular formula is C20H24N2O3. The molecule has 0 atom stereocenters. The van der Waals surface area contributed by atoms with E-state index >= 15 is 0 Å². The number of para-hydroxylation sites is 4. The molecule has 0 saturated heterocycles. The summed E-state index contributed by atoms with van der Waals surface area (Å²) in [6.07, 6.45) is 0. The zero-order valence-corrected chi connectivity index (χ0v) is 14.9. The number of aromatic nitrogens is 2. The summed E-state index contributed by atoms with van der Waals surface area (Å²) in [5, 5.41) is 10.5. The molecule has 0 amide bonds. The van der Waals surface area contributed by atoms with Crippen molar-refractivity contribution in [2.45, 2.75) is 32.9 Å². The van der Waals surface area contributed by atoms with Crippen LogP contribution < -0.4 is 9.47 Å². The molecule has 132 valence electrons. The van der Waals surface area contributed by atoms with E-state index in [2.05, 4.69) is 4.98 Å². The molecule has 3 rings (SSSR count). The van der Waals surface area contributed by atoms with E-state index in [1.165, 1.54) is 0 Å². The van der Waals surface area contributed by atoms with Gasteiger partial charge < -0.3 is 19.1 Å². The first-order valence-corrected chi connectivity index (χ1v) is 8.53. The highest BCUT2D eigenvalue weighted by Crippen LogP contribution is 2.27. The van der Waals surface area contributed by atoms with Crippen LogP contribution in [0.4, 0.5) is 0 Å².